The summed E-state index contributed by atoms with van der Waals surface area (Å²) in [5.41, 5.74) is 5.42. The van der Waals surface area contributed by atoms with Crippen molar-refractivity contribution in [3.63, 3.8) is 0 Å². The van der Waals surface area contributed by atoms with Crippen LogP contribution in [0.15, 0.2) is 84.0 Å². The molecule has 5 aliphatic rings. The lowest BCUT2D eigenvalue weighted by Gasteiger charge is -2.59. The molecule has 3 unspecified atom stereocenters. The van der Waals surface area contributed by atoms with Gasteiger partial charge in [0.25, 0.3) is 5.97 Å². The van der Waals surface area contributed by atoms with Crippen LogP contribution in [-0.2, 0) is 41.4 Å². The van der Waals surface area contributed by atoms with Crippen molar-refractivity contribution in [3.05, 3.63) is 95.1 Å². The fraction of sp³-hybridized carbons (Fsp3) is 0.487. The van der Waals surface area contributed by atoms with E-state index in [-0.39, 0.29) is 31.1 Å². The fourth-order valence-corrected chi connectivity index (χ4v) is 8.99. The van der Waals surface area contributed by atoms with E-state index in [1.165, 1.54) is 7.11 Å². The van der Waals surface area contributed by atoms with Gasteiger partial charge in [-0.25, -0.2) is 0 Å². The number of Topliss-reactive ketones (excluding diaryl/α,β-unsaturated/α-hetero) is 1. The van der Waals surface area contributed by atoms with E-state index in [9.17, 15) is 14.7 Å². The number of carbonyl (C=O) groups excluding carboxylic acids is 2. The second-order valence-corrected chi connectivity index (χ2v) is 14.3. The Bertz CT molecular complexity index is 1740. The summed E-state index contributed by atoms with van der Waals surface area (Å²) in [6.07, 6.45) is 4.22. The molecule has 10 heteroatoms. The second-order valence-electron chi connectivity index (χ2n) is 14.3. The molecule has 2 saturated heterocycles. The summed E-state index contributed by atoms with van der Waals surface area (Å²) in [4.78, 5) is 27.1. The summed E-state index contributed by atoms with van der Waals surface area (Å²) in [7, 11) is 1.53. The molecule has 0 aromatic heterocycles. The summed E-state index contributed by atoms with van der Waals surface area (Å²) in [6.45, 7) is 10.7. The van der Waals surface area contributed by atoms with Crippen molar-refractivity contribution in [1.29, 1.82) is 0 Å². The summed E-state index contributed by atoms with van der Waals surface area (Å²) in [6, 6.07) is 15.1. The highest BCUT2D eigenvalue weighted by Gasteiger charge is 2.79. The van der Waals surface area contributed by atoms with Crippen molar-refractivity contribution >= 4 is 11.8 Å². The first-order valence-corrected chi connectivity index (χ1v) is 17.0. The third-order valence-electron chi connectivity index (χ3n) is 11.1. The van der Waals surface area contributed by atoms with Crippen LogP contribution in [0.3, 0.4) is 0 Å². The van der Waals surface area contributed by atoms with Crippen LogP contribution in [0.25, 0.3) is 0 Å². The van der Waals surface area contributed by atoms with Crippen LogP contribution >= 0.6 is 0 Å². The number of aliphatic hydroxyl groups is 1. The zero-order valence-corrected chi connectivity index (χ0v) is 28.5. The lowest BCUT2D eigenvalue weighted by atomic mass is 9.55. The molecule has 8 atom stereocenters. The second kappa shape index (κ2) is 12.2. The number of ketones is 1. The van der Waals surface area contributed by atoms with Crippen LogP contribution in [0, 0.1) is 17.8 Å². The number of benzene rings is 2. The molecule has 3 bridgehead atoms. The van der Waals surface area contributed by atoms with E-state index in [0.717, 1.165) is 11.1 Å². The number of ether oxygens (including phenoxy) is 6. The van der Waals surface area contributed by atoms with Crippen LogP contribution < -0.4 is 15.2 Å². The topological polar surface area (TPSA) is 136 Å². The zero-order valence-electron chi connectivity index (χ0n) is 28.5. The van der Waals surface area contributed by atoms with E-state index in [0.29, 0.717) is 54.2 Å². The van der Waals surface area contributed by atoms with Gasteiger partial charge in [-0.3, -0.25) is 9.59 Å². The number of hydrogen-bond donors (Lipinski definition) is 2. The van der Waals surface area contributed by atoms with Gasteiger partial charge in [-0.05, 0) is 66.2 Å². The van der Waals surface area contributed by atoms with Gasteiger partial charge in [0.2, 0.25) is 0 Å². The quantitative estimate of drug-likeness (QED) is 0.262. The molecule has 0 radical (unpaired) electrons. The summed E-state index contributed by atoms with van der Waals surface area (Å²) >= 11 is 0. The van der Waals surface area contributed by atoms with Crippen molar-refractivity contribution < 1.29 is 43.1 Å². The standard InChI is InChI=1S/C39H45NO9/c1-23(2)37-19-25(4)39-29(35(37)47-38(48-37,49-39)21-26-9-7-6-8-10-26)16-28(20-36(43)32(39)15-24(3)34(36)42)22-46-33(41)18-27-11-12-30(45-14-13-40)31(17-27)44-5/h6-12,15-17,25,29,32,35,43H,1,13-14,18-22,40H2,2-5H3/t25-,29+,32-,35?,36-,37+,38?,39?/m1/s1. The monoisotopic (exact) mass is 671 g/mol. The van der Waals surface area contributed by atoms with Gasteiger partial charge >= 0.3 is 5.97 Å². The Morgan fingerprint density at radius 3 is 2.59 bits per heavy atom. The molecular formula is C39H45NO9. The molecule has 3 N–H and O–H groups in total. The van der Waals surface area contributed by atoms with E-state index in [4.69, 9.17) is 34.2 Å². The predicted octanol–water partition coefficient (Wildman–Crippen LogP) is 4.38. The number of methoxy groups -OCH3 is 1. The Balaban J connectivity index is 1.22. The molecule has 2 aliphatic heterocycles. The highest BCUT2D eigenvalue weighted by molar-refractivity contribution is 6.04. The van der Waals surface area contributed by atoms with Gasteiger partial charge in [-0.2, -0.15) is 0 Å². The highest BCUT2D eigenvalue weighted by atomic mass is 16.9. The molecule has 3 fully saturated rings. The van der Waals surface area contributed by atoms with Crippen LogP contribution in [-0.4, -0.2) is 72.6 Å². The minimum atomic E-state index is -1.80. The Labute approximate surface area is 286 Å². The van der Waals surface area contributed by atoms with Gasteiger partial charge in [-0.15, -0.1) is 0 Å². The Morgan fingerprint density at radius 1 is 1.10 bits per heavy atom. The zero-order chi connectivity index (χ0) is 34.8. The molecule has 0 spiro atoms. The van der Waals surface area contributed by atoms with Crippen molar-refractivity contribution in [2.45, 2.75) is 75.3 Å². The summed E-state index contributed by atoms with van der Waals surface area (Å²) in [5, 5.41) is 12.5. The van der Waals surface area contributed by atoms with Crippen LogP contribution in [0.4, 0.5) is 0 Å². The van der Waals surface area contributed by atoms with Gasteiger partial charge < -0.3 is 39.3 Å². The molecule has 3 aliphatic carbocycles. The summed E-state index contributed by atoms with van der Waals surface area (Å²) in [5.74, 6) is -2.53. The average Bonchev–Trinajstić information content (AvgIpc) is 3.38. The molecule has 49 heavy (non-hydrogen) atoms. The first kappa shape index (κ1) is 33.7. The Morgan fingerprint density at radius 2 is 1.88 bits per heavy atom. The van der Waals surface area contributed by atoms with E-state index in [1.807, 2.05) is 49.4 Å². The Hall–Kier alpha value is -3.80. The SMILES string of the molecule is C=C(C)[C@@]12C[C@@H](C)C34OC(Cc5ccccc5)(OC1[C@@H]3C=C(COC(=O)Cc1ccc(OCCN)c(OC)c1)C[C@]1(O)C(=O)C(C)=C[C@@H]41)O2. The van der Waals surface area contributed by atoms with Gasteiger partial charge in [0.1, 0.15) is 30.5 Å². The van der Waals surface area contributed by atoms with Gasteiger partial charge in [0, 0.05) is 24.8 Å². The first-order valence-electron chi connectivity index (χ1n) is 17.0. The number of esters is 1. The lowest BCUT2D eigenvalue weighted by Crippen LogP contribution is -2.70. The molecular weight excluding hydrogens is 626 g/mol. The smallest absolute Gasteiger partial charge is 0.310 e. The number of hydrogen-bond acceptors (Lipinski definition) is 10. The third-order valence-corrected chi connectivity index (χ3v) is 11.1. The largest absolute Gasteiger partial charge is 0.493 e. The van der Waals surface area contributed by atoms with Crippen LogP contribution in [0.1, 0.15) is 44.7 Å². The molecule has 2 aromatic carbocycles. The lowest BCUT2D eigenvalue weighted by molar-refractivity contribution is -0.421. The Kier molecular flexibility index (Phi) is 8.39. The van der Waals surface area contributed by atoms with Gasteiger partial charge in [-0.1, -0.05) is 62.1 Å². The van der Waals surface area contributed by atoms with E-state index < -0.39 is 46.7 Å². The highest BCUT2D eigenvalue weighted by Crippen LogP contribution is 2.68. The van der Waals surface area contributed by atoms with Gasteiger partial charge in [0.15, 0.2) is 17.3 Å². The van der Waals surface area contributed by atoms with E-state index in [2.05, 4.69) is 13.5 Å². The van der Waals surface area contributed by atoms with E-state index in [1.54, 1.807) is 25.1 Å². The van der Waals surface area contributed by atoms with Crippen molar-refractivity contribution in [2.75, 3.05) is 26.9 Å². The maximum atomic E-state index is 13.9. The van der Waals surface area contributed by atoms with Crippen molar-refractivity contribution in [3.8, 4) is 11.5 Å². The minimum Gasteiger partial charge on any atom is -0.493 e. The maximum Gasteiger partial charge on any atom is 0.310 e. The number of rotatable bonds is 11. The van der Waals surface area contributed by atoms with Crippen LogP contribution in [0.5, 0.6) is 11.5 Å². The predicted molar refractivity (Wildman–Crippen MR) is 180 cm³/mol. The minimum absolute atomic E-state index is 0.00765. The first-order chi connectivity index (χ1) is 23.4. The number of nitrogens with two attached hydrogens (primary N) is 1. The number of carbonyl (C=O) groups is 2. The van der Waals surface area contributed by atoms with Crippen LogP contribution in [0.2, 0.25) is 0 Å². The molecule has 260 valence electrons. The van der Waals surface area contributed by atoms with Crippen molar-refractivity contribution in [1.82, 2.24) is 0 Å². The molecule has 0 amide bonds. The number of fused-ring (bicyclic) bond motifs is 2. The molecule has 2 heterocycles. The molecule has 2 aromatic rings. The third kappa shape index (κ3) is 5.27. The normalized spacial score (nSPS) is 35.5. The molecule has 7 rings (SSSR count). The average molecular weight is 672 g/mol. The van der Waals surface area contributed by atoms with Gasteiger partial charge in [0.05, 0.1) is 25.6 Å². The summed E-state index contributed by atoms with van der Waals surface area (Å²) < 4.78 is 37.8. The van der Waals surface area contributed by atoms with E-state index >= 15 is 0 Å². The van der Waals surface area contributed by atoms with Crippen molar-refractivity contribution in [2.24, 2.45) is 23.5 Å². The fourth-order valence-electron chi connectivity index (χ4n) is 8.99. The molecule has 1 saturated carbocycles. The molecule has 10 nitrogen and oxygen atoms in total. The maximum absolute atomic E-state index is 13.9.